The van der Waals surface area contributed by atoms with Crippen LogP contribution in [0.5, 0.6) is 0 Å². The number of aromatic nitrogens is 4. The summed E-state index contributed by atoms with van der Waals surface area (Å²) in [5.41, 5.74) is 4.83. The van der Waals surface area contributed by atoms with Crippen molar-refractivity contribution in [2.75, 3.05) is 28.2 Å². The molecule has 0 spiro atoms. The predicted molar refractivity (Wildman–Crippen MR) is 338 cm³/mol. The highest BCUT2D eigenvalue weighted by Gasteiger charge is 2.43. The third-order valence-corrected chi connectivity index (χ3v) is 15.6. The summed E-state index contributed by atoms with van der Waals surface area (Å²) in [7, 11) is 5.57. The van der Waals surface area contributed by atoms with Crippen molar-refractivity contribution in [2.45, 2.75) is 223 Å². The molecule has 90 heavy (non-hydrogen) atoms. The average molecular weight is 1250 g/mol. The van der Waals surface area contributed by atoms with Gasteiger partial charge in [-0.3, -0.25) is 28.5 Å². The standard InChI is InChI=1S/C68H100N8O14/c1-41(2)27-55-65(81)87-47(13)61(77)71(15)58(30-44(7)8)68(84)90-60(32-50-21-25-52(26-22-50)36-76-38-54(34-70-76)40-86-46(11)12)64(80)74(18)56(28-42(3)4)66(82)88-48(14)62(78)72(16)57(29-43(5)6)67(83)89-59(63(79)73(55)17)31-49-19-23-51(24-20-49)35-75-37-53(33-69-75)39-85-45(9)10/h19-26,33-34,37-38,41-48,55-60H,27-32,35-36,39-40H2,1-18H3/t47-,48-,55+,56+,57+,58+,59-,60-/m1/s1. The first-order valence-electron chi connectivity index (χ1n) is 31.6. The summed E-state index contributed by atoms with van der Waals surface area (Å²) in [6.07, 6.45) is 1.30. The number of likely N-dealkylation sites (N-methyl/N-ethyl adjacent to an activating group) is 4. The van der Waals surface area contributed by atoms with Crippen LogP contribution >= 0.6 is 0 Å². The number of carbonyl (C=O) groups excluding carboxylic acids is 8. The Bertz CT molecular complexity index is 2790. The van der Waals surface area contributed by atoms with E-state index in [-0.39, 0.29) is 74.4 Å². The van der Waals surface area contributed by atoms with E-state index in [9.17, 15) is 28.8 Å². The Morgan fingerprint density at radius 2 is 0.656 bits per heavy atom. The zero-order valence-electron chi connectivity index (χ0n) is 56.4. The molecule has 0 unspecified atom stereocenters. The number of amides is 4. The predicted octanol–water partition coefficient (Wildman–Crippen LogP) is 8.00. The summed E-state index contributed by atoms with van der Waals surface area (Å²) in [5.74, 6) is -7.55. The number of hydrogen-bond donors (Lipinski definition) is 0. The molecule has 1 aliphatic rings. The Morgan fingerprint density at radius 3 is 0.933 bits per heavy atom. The molecule has 496 valence electrons. The van der Waals surface area contributed by atoms with Gasteiger partial charge in [-0.25, -0.2) is 19.2 Å². The second-order valence-corrected chi connectivity index (χ2v) is 26.2. The normalized spacial score (nSPS) is 22.1. The second kappa shape index (κ2) is 34.1. The van der Waals surface area contributed by atoms with Crippen LogP contribution in [0.1, 0.15) is 156 Å². The number of esters is 4. The van der Waals surface area contributed by atoms with E-state index < -0.39 is 96.1 Å². The maximum absolute atomic E-state index is 15.1. The second-order valence-electron chi connectivity index (χ2n) is 26.2. The molecule has 0 saturated carbocycles. The number of benzene rings is 2. The summed E-state index contributed by atoms with van der Waals surface area (Å²) in [6, 6.07) is 9.50. The number of cyclic esters (lactones) is 4. The summed E-state index contributed by atoms with van der Waals surface area (Å²) in [6.45, 7) is 27.1. The molecule has 2 aromatic carbocycles. The lowest BCUT2D eigenvalue weighted by molar-refractivity contribution is -0.176. The molecule has 22 heteroatoms. The first kappa shape index (κ1) is 73.3. The van der Waals surface area contributed by atoms with Gasteiger partial charge in [-0.2, -0.15) is 10.2 Å². The van der Waals surface area contributed by atoms with Crippen LogP contribution < -0.4 is 0 Å². The lowest BCUT2D eigenvalue weighted by atomic mass is 9.99. The van der Waals surface area contributed by atoms with Crippen LogP contribution in [-0.2, 0) is 106 Å². The number of carbonyl (C=O) groups is 8. The van der Waals surface area contributed by atoms with Crippen molar-refractivity contribution in [2.24, 2.45) is 23.7 Å². The zero-order chi connectivity index (χ0) is 66.8. The molecule has 0 bridgehead atoms. The van der Waals surface area contributed by atoms with Crippen molar-refractivity contribution >= 4 is 47.5 Å². The fraction of sp³-hybridized carbons (Fsp3) is 0.618. The summed E-state index contributed by atoms with van der Waals surface area (Å²) in [5, 5.41) is 8.96. The van der Waals surface area contributed by atoms with Gasteiger partial charge in [-0.15, -0.1) is 0 Å². The molecule has 0 aliphatic carbocycles. The molecule has 0 N–H and O–H groups in total. The van der Waals surface area contributed by atoms with E-state index in [2.05, 4.69) is 10.2 Å². The van der Waals surface area contributed by atoms with Crippen LogP contribution in [0.4, 0.5) is 0 Å². The summed E-state index contributed by atoms with van der Waals surface area (Å²) < 4.78 is 39.4. The molecular formula is C68H100N8O14. The van der Waals surface area contributed by atoms with Crippen LogP contribution in [0.2, 0.25) is 0 Å². The molecule has 2 aromatic heterocycles. The minimum atomic E-state index is -1.55. The van der Waals surface area contributed by atoms with Crippen LogP contribution in [-0.4, -0.2) is 176 Å². The van der Waals surface area contributed by atoms with Crippen molar-refractivity contribution in [3.63, 3.8) is 0 Å². The molecule has 1 fully saturated rings. The minimum Gasteiger partial charge on any atom is -0.451 e. The van der Waals surface area contributed by atoms with Crippen molar-refractivity contribution in [3.8, 4) is 0 Å². The topological polar surface area (TPSA) is 241 Å². The van der Waals surface area contributed by atoms with Gasteiger partial charge in [0.1, 0.15) is 24.2 Å². The van der Waals surface area contributed by atoms with Gasteiger partial charge in [0.25, 0.3) is 23.6 Å². The highest BCUT2D eigenvalue weighted by atomic mass is 16.6. The average Bonchev–Trinajstić information content (AvgIpc) is 1.14. The van der Waals surface area contributed by atoms with Gasteiger partial charge >= 0.3 is 23.9 Å². The number of rotatable bonds is 22. The quantitative estimate of drug-likeness (QED) is 0.0535. The van der Waals surface area contributed by atoms with Gasteiger partial charge < -0.3 is 48.0 Å². The SMILES string of the molecule is CC(C)C[C@H]1C(=O)O[C@H](Cc2ccc(Cn3cc(COC(C)C)cn3)cc2)C(=O)N(C)[C@@H](CC(C)C)C(=O)O[C@H](C)C(=O)N(C)[C@@H](CC(C)C)C(=O)O[C@H](Cc2ccc(Cn3cc(COC(C)C)cn3)cc2)C(=O)N(C)[C@@H](CC(C)C)C(=O)O[C@H](C)C(=O)N1C. The maximum Gasteiger partial charge on any atom is 0.329 e. The zero-order valence-corrected chi connectivity index (χ0v) is 56.4. The molecule has 5 rings (SSSR count). The molecule has 1 aliphatic heterocycles. The molecule has 3 heterocycles. The van der Waals surface area contributed by atoms with Crippen molar-refractivity contribution in [1.82, 2.24) is 39.2 Å². The van der Waals surface area contributed by atoms with E-state index in [1.807, 2.05) is 120 Å². The smallest absolute Gasteiger partial charge is 0.329 e. The molecule has 1 saturated heterocycles. The molecular weight excluding hydrogens is 1150 g/mol. The third-order valence-electron chi connectivity index (χ3n) is 15.6. The van der Waals surface area contributed by atoms with E-state index in [4.69, 9.17) is 28.4 Å². The molecule has 4 aromatic rings. The summed E-state index contributed by atoms with van der Waals surface area (Å²) >= 11 is 0. The highest BCUT2D eigenvalue weighted by molar-refractivity contribution is 5.94. The van der Waals surface area contributed by atoms with Crippen LogP contribution in [0.3, 0.4) is 0 Å². The number of hydrogen-bond acceptors (Lipinski definition) is 16. The Balaban J connectivity index is 1.55. The van der Waals surface area contributed by atoms with E-state index in [0.29, 0.717) is 37.4 Å². The van der Waals surface area contributed by atoms with Crippen molar-refractivity contribution in [3.05, 3.63) is 107 Å². The van der Waals surface area contributed by atoms with Gasteiger partial charge in [0.2, 0.25) is 0 Å². The van der Waals surface area contributed by atoms with E-state index in [0.717, 1.165) is 41.9 Å². The van der Waals surface area contributed by atoms with E-state index >= 15 is 9.59 Å². The van der Waals surface area contributed by atoms with E-state index in [1.165, 1.54) is 42.0 Å². The number of nitrogens with zero attached hydrogens (tertiary/aromatic N) is 8. The summed E-state index contributed by atoms with van der Waals surface area (Å²) in [4.78, 5) is 123. The van der Waals surface area contributed by atoms with Gasteiger partial charge in [0.05, 0.1) is 50.9 Å². The minimum absolute atomic E-state index is 0.0565. The molecule has 0 radical (unpaired) electrons. The van der Waals surface area contributed by atoms with E-state index in [1.54, 1.807) is 46.0 Å². The number of ether oxygens (including phenoxy) is 6. The van der Waals surface area contributed by atoms with Crippen LogP contribution in [0.25, 0.3) is 0 Å². The first-order chi connectivity index (χ1) is 42.3. The van der Waals surface area contributed by atoms with Crippen LogP contribution in [0.15, 0.2) is 73.3 Å². The van der Waals surface area contributed by atoms with Crippen LogP contribution in [0, 0.1) is 23.7 Å². The third kappa shape index (κ3) is 21.9. The van der Waals surface area contributed by atoms with Crippen molar-refractivity contribution in [1.29, 1.82) is 0 Å². The fourth-order valence-corrected chi connectivity index (χ4v) is 10.5. The monoisotopic (exact) mass is 1250 g/mol. The maximum atomic E-state index is 15.1. The molecule has 22 nitrogen and oxygen atoms in total. The fourth-order valence-electron chi connectivity index (χ4n) is 10.5. The Kier molecular flexibility index (Phi) is 27.8. The molecule has 4 amide bonds. The first-order valence-corrected chi connectivity index (χ1v) is 31.6. The Morgan fingerprint density at radius 1 is 0.389 bits per heavy atom. The van der Waals surface area contributed by atoms with Gasteiger partial charge in [0, 0.05) is 64.6 Å². The lowest BCUT2D eigenvalue weighted by Gasteiger charge is -2.35. The van der Waals surface area contributed by atoms with Gasteiger partial charge in [-0.05, 0) is 113 Å². The largest absolute Gasteiger partial charge is 0.451 e. The van der Waals surface area contributed by atoms with Crippen molar-refractivity contribution < 1.29 is 66.8 Å². The Hall–Kier alpha value is -7.46. The lowest BCUT2D eigenvalue weighted by Crippen LogP contribution is -2.55. The van der Waals surface area contributed by atoms with Gasteiger partial charge in [-0.1, -0.05) is 104 Å². The molecule has 8 atom stereocenters. The Labute approximate surface area is 532 Å². The highest BCUT2D eigenvalue weighted by Crippen LogP contribution is 2.25. The van der Waals surface area contributed by atoms with Gasteiger partial charge in [0.15, 0.2) is 24.4 Å².